The molecule has 2 heterocycles. The molecule has 1 N–H and O–H groups in total. The van der Waals surface area contributed by atoms with Gasteiger partial charge in [0, 0.05) is 39.5 Å². The molecule has 0 unspecified atom stereocenters. The summed E-state index contributed by atoms with van der Waals surface area (Å²) in [6, 6.07) is 38.0. The lowest BCUT2D eigenvalue weighted by Gasteiger charge is -2.21. The van der Waals surface area contributed by atoms with E-state index in [1.807, 2.05) is 36.5 Å². The van der Waals surface area contributed by atoms with Gasteiger partial charge in [-0.15, -0.1) is 0 Å². The Bertz CT molecular complexity index is 2280. The first-order chi connectivity index (χ1) is 22.4. The van der Waals surface area contributed by atoms with Crippen LogP contribution in [0.3, 0.4) is 0 Å². The summed E-state index contributed by atoms with van der Waals surface area (Å²) in [6.45, 7) is 15.6. The molecule has 47 heavy (non-hydrogen) atoms. The van der Waals surface area contributed by atoms with Crippen LogP contribution >= 0.6 is 0 Å². The predicted molar refractivity (Wildman–Crippen MR) is 196 cm³/mol. The van der Waals surface area contributed by atoms with Gasteiger partial charge in [0.25, 0.3) is 0 Å². The Morgan fingerprint density at radius 2 is 1.28 bits per heavy atom. The highest BCUT2D eigenvalue weighted by molar-refractivity contribution is 5.98. The highest BCUT2D eigenvalue weighted by Gasteiger charge is 2.22. The summed E-state index contributed by atoms with van der Waals surface area (Å²) in [7, 11) is 0. The van der Waals surface area contributed by atoms with Crippen molar-refractivity contribution in [3.8, 4) is 45.1 Å². The maximum Gasteiger partial charge on any atom is 0.145 e. The Morgan fingerprint density at radius 1 is 0.596 bits per heavy atom. The second-order valence-corrected chi connectivity index (χ2v) is 14.7. The number of hydrogen-bond acceptors (Lipinski definition) is 3. The maximum absolute atomic E-state index is 10.8. The second kappa shape index (κ2) is 11.2. The molecule has 0 saturated heterocycles. The number of aromatic nitrogens is 3. The molecule has 0 aliphatic carbocycles. The lowest BCUT2D eigenvalue weighted by atomic mass is 9.84. The van der Waals surface area contributed by atoms with Gasteiger partial charge in [0.2, 0.25) is 0 Å². The third kappa shape index (κ3) is 5.59. The summed E-state index contributed by atoms with van der Waals surface area (Å²) < 4.78 is 2.25. The molecule has 0 saturated carbocycles. The number of aromatic hydroxyl groups is 1. The van der Waals surface area contributed by atoms with Crippen molar-refractivity contribution in [3.05, 3.63) is 132 Å². The summed E-state index contributed by atoms with van der Waals surface area (Å²) in [6.07, 6.45) is 1.95. The van der Waals surface area contributed by atoms with Crippen molar-refractivity contribution >= 4 is 21.9 Å². The van der Waals surface area contributed by atoms with E-state index in [-0.39, 0.29) is 16.6 Å². The summed E-state index contributed by atoms with van der Waals surface area (Å²) in [4.78, 5) is 10.3. The minimum absolute atomic E-state index is 0.0170. The quantitative estimate of drug-likeness (QED) is 0.214. The molecule has 0 spiro atoms. The Kier molecular flexibility index (Phi) is 7.28. The van der Waals surface area contributed by atoms with Gasteiger partial charge in [0.15, 0.2) is 0 Å². The van der Waals surface area contributed by atoms with Gasteiger partial charge >= 0.3 is 0 Å². The van der Waals surface area contributed by atoms with Crippen molar-refractivity contribution in [2.24, 2.45) is 0 Å². The van der Waals surface area contributed by atoms with E-state index in [0.29, 0.717) is 0 Å². The Hall–Kier alpha value is -5.22. The van der Waals surface area contributed by atoms with Gasteiger partial charge in [-0.05, 0) is 88.5 Å². The molecule has 0 bridgehead atoms. The van der Waals surface area contributed by atoms with E-state index in [2.05, 4.69) is 126 Å². The number of imidazole rings is 1. The molecule has 7 rings (SSSR count). The average Bonchev–Trinajstić information content (AvgIpc) is 3.44. The van der Waals surface area contributed by atoms with Crippen LogP contribution in [-0.2, 0) is 10.8 Å². The fourth-order valence-electron chi connectivity index (χ4n) is 6.42. The van der Waals surface area contributed by atoms with Crippen molar-refractivity contribution in [1.29, 1.82) is 0 Å². The monoisotopic (exact) mass is 615 g/mol. The molecule has 4 heteroatoms. The van der Waals surface area contributed by atoms with Crippen LogP contribution in [0.1, 0.15) is 58.2 Å². The van der Waals surface area contributed by atoms with Crippen molar-refractivity contribution < 1.29 is 5.11 Å². The van der Waals surface area contributed by atoms with Gasteiger partial charge < -0.3 is 5.11 Å². The zero-order valence-electron chi connectivity index (χ0n) is 28.3. The Morgan fingerprint density at radius 3 is 2.00 bits per heavy atom. The topological polar surface area (TPSA) is 50.9 Å². The molecule has 234 valence electrons. The number of benzene rings is 5. The number of fused-ring (bicyclic) bond motifs is 2. The van der Waals surface area contributed by atoms with Crippen LogP contribution in [0.25, 0.3) is 61.3 Å². The molecule has 0 aliphatic rings. The fraction of sp³-hybridized carbons (Fsp3) is 0.209. The number of phenols is 1. The molecule has 0 amide bonds. The number of hydrogen-bond donors (Lipinski definition) is 1. The van der Waals surface area contributed by atoms with Crippen molar-refractivity contribution in [2.45, 2.75) is 59.3 Å². The molecule has 4 nitrogen and oxygen atoms in total. The van der Waals surface area contributed by atoms with Gasteiger partial charge in [-0.2, -0.15) is 0 Å². The van der Waals surface area contributed by atoms with E-state index < -0.39 is 0 Å². The highest BCUT2D eigenvalue weighted by atomic mass is 16.3. The van der Waals surface area contributed by atoms with Gasteiger partial charge in [-0.1, -0.05) is 102 Å². The number of phenolic OH excluding ortho intramolecular Hbond substituents is 1. The van der Waals surface area contributed by atoms with Crippen LogP contribution in [0, 0.1) is 6.92 Å². The SMILES string of the molecule is Cc1cnc2c(-c3cccc(-c4nc5c(-c6ccccc6O)cccc5n4-c4ccc(C(C)(C)C)cc4)c3)cc(C(C)(C)C)cc2c1. The van der Waals surface area contributed by atoms with Crippen LogP contribution < -0.4 is 0 Å². The first-order valence-electron chi connectivity index (χ1n) is 16.3. The zero-order valence-corrected chi connectivity index (χ0v) is 28.3. The van der Waals surface area contributed by atoms with E-state index in [1.54, 1.807) is 6.07 Å². The maximum atomic E-state index is 10.8. The van der Waals surface area contributed by atoms with Crippen molar-refractivity contribution in [1.82, 2.24) is 14.5 Å². The summed E-state index contributed by atoms with van der Waals surface area (Å²) in [5.41, 5.74) is 12.4. The van der Waals surface area contributed by atoms with E-state index in [4.69, 9.17) is 9.97 Å². The molecular formula is C43H41N3O. The van der Waals surface area contributed by atoms with Gasteiger partial charge in [0.05, 0.1) is 16.6 Å². The summed E-state index contributed by atoms with van der Waals surface area (Å²) in [5, 5.41) is 12.0. The van der Waals surface area contributed by atoms with Crippen molar-refractivity contribution in [3.63, 3.8) is 0 Å². The molecule has 0 aliphatic heterocycles. The number of aryl methyl sites for hydroxylation is 1. The number of nitrogens with zero attached hydrogens (tertiary/aromatic N) is 3. The van der Waals surface area contributed by atoms with E-state index in [0.717, 1.165) is 66.8 Å². The zero-order chi connectivity index (χ0) is 33.1. The van der Waals surface area contributed by atoms with E-state index in [9.17, 15) is 5.11 Å². The average molecular weight is 616 g/mol. The summed E-state index contributed by atoms with van der Waals surface area (Å²) >= 11 is 0. The Labute approximate surface area is 277 Å². The second-order valence-electron chi connectivity index (χ2n) is 14.7. The molecule has 0 atom stereocenters. The minimum atomic E-state index is -0.0170. The van der Waals surface area contributed by atoms with Crippen LogP contribution in [0.15, 0.2) is 115 Å². The van der Waals surface area contributed by atoms with Crippen LogP contribution in [0.4, 0.5) is 0 Å². The molecule has 0 fully saturated rings. The molecular weight excluding hydrogens is 574 g/mol. The molecule has 0 radical (unpaired) electrons. The van der Waals surface area contributed by atoms with Crippen molar-refractivity contribution in [2.75, 3.05) is 0 Å². The predicted octanol–water partition coefficient (Wildman–Crippen LogP) is 11.2. The fourth-order valence-corrected chi connectivity index (χ4v) is 6.42. The third-order valence-electron chi connectivity index (χ3n) is 9.09. The van der Waals surface area contributed by atoms with Gasteiger partial charge in [0.1, 0.15) is 11.6 Å². The van der Waals surface area contributed by atoms with E-state index in [1.165, 1.54) is 11.1 Å². The lowest BCUT2D eigenvalue weighted by molar-refractivity contribution is 0.477. The number of rotatable bonds is 4. The van der Waals surface area contributed by atoms with E-state index >= 15 is 0 Å². The van der Waals surface area contributed by atoms with Crippen LogP contribution in [-0.4, -0.2) is 19.6 Å². The first-order valence-corrected chi connectivity index (χ1v) is 16.3. The van der Waals surface area contributed by atoms with Gasteiger partial charge in [-0.3, -0.25) is 9.55 Å². The smallest absolute Gasteiger partial charge is 0.145 e. The molecule has 2 aromatic heterocycles. The van der Waals surface area contributed by atoms with Crippen LogP contribution in [0.5, 0.6) is 5.75 Å². The summed E-state index contributed by atoms with van der Waals surface area (Å²) in [5.74, 6) is 1.08. The largest absolute Gasteiger partial charge is 0.507 e. The minimum Gasteiger partial charge on any atom is -0.507 e. The number of pyridine rings is 1. The number of para-hydroxylation sites is 2. The Balaban J connectivity index is 1.49. The third-order valence-corrected chi connectivity index (χ3v) is 9.09. The molecule has 5 aromatic carbocycles. The highest BCUT2D eigenvalue weighted by Crippen LogP contribution is 2.40. The molecule has 7 aromatic rings. The first kappa shape index (κ1) is 30.4. The normalized spacial score (nSPS) is 12.2. The van der Waals surface area contributed by atoms with Gasteiger partial charge in [-0.25, -0.2) is 4.98 Å². The standard InChI is InChI=1S/C43H41N3O/c1-27-22-30-24-32(43(5,6)7)25-36(39(30)44-26-27)28-12-10-13-29(23-28)41-45-40-35(34-14-8-9-17-38(34)47)15-11-16-37(40)46(41)33-20-18-31(19-21-33)42(2,3)4/h8-26,47H,1-7H3. The lowest BCUT2D eigenvalue weighted by Crippen LogP contribution is -2.11. The van der Waals surface area contributed by atoms with Crippen LogP contribution in [0.2, 0.25) is 0 Å².